The molecular formula is C34H31NO8. The first-order chi connectivity index (χ1) is 20.7. The number of fused-ring (bicyclic) bond motifs is 3. The maximum absolute atomic E-state index is 13.7. The number of hydrogen-bond donors (Lipinski definition) is 2. The van der Waals surface area contributed by atoms with Crippen LogP contribution >= 0.6 is 0 Å². The van der Waals surface area contributed by atoms with Gasteiger partial charge in [-0.2, -0.15) is 0 Å². The van der Waals surface area contributed by atoms with E-state index >= 15 is 0 Å². The second-order valence-electron chi connectivity index (χ2n) is 11.5. The Labute approximate surface area is 248 Å². The molecule has 0 aromatic heterocycles. The van der Waals surface area contributed by atoms with Crippen molar-refractivity contribution in [2.24, 2.45) is 17.8 Å². The normalized spacial score (nSPS) is 24.7. The third kappa shape index (κ3) is 4.98. The molecule has 0 radical (unpaired) electrons. The third-order valence-corrected chi connectivity index (χ3v) is 8.99. The van der Waals surface area contributed by atoms with Crippen LogP contribution in [-0.4, -0.2) is 51.0 Å². The number of nitrogens with zero attached hydrogens (tertiary/aromatic N) is 1. The number of ketones is 2. The third-order valence-electron chi connectivity index (χ3n) is 8.99. The SMILES string of the molecule is CC1=CC(=O)C2=C(C1=O)[C@@H](c1ccc(OCc3ccccc3)cc1O)C1=CC[C@@H]3C(=O)N(CCCC(=O)O)C(=O)[C@@H]3[C@@H]1C2. The summed E-state index contributed by atoms with van der Waals surface area (Å²) in [5, 5.41) is 20.3. The van der Waals surface area contributed by atoms with E-state index in [-0.39, 0.29) is 61.4 Å². The first-order valence-corrected chi connectivity index (χ1v) is 14.4. The summed E-state index contributed by atoms with van der Waals surface area (Å²) in [7, 11) is 0. The van der Waals surface area contributed by atoms with Gasteiger partial charge in [-0.25, -0.2) is 0 Å². The molecule has 6 rings (SSSR count). The fourth-order valence-corrected chi connectivity index (χ4v) is 6.99. The van der Waals surface area contributed by atoms with Crippen molar-refractivity contribution in [2.75, 3.05) is 6.54 Å². The molecule has 220 valence electrons. The van der Waals surface area contributed by atoms with Crippen molar-refractivity contribution < 1.29 is 38.9 Å². The zero-order valence-electron chi connectivity index (χ0n) is 23.6. The Balaban J connectivity index is 1.36. The Morgan fingerprint density at radius 2 is 1.79 bits per heavy atom. The fraction of sp³-hybridized carbons (Fsp3) is 0.324. The lowest BCUT2D eigenvalue weighted by Gasteiger charge is -2.42. The topological polar surface area (TPSA) is 138 Å². The first kappa shape index (κ1) is 28.3. The molecule has 1 aliphatic heterocycles. The van der Waals surface area contributed by atoms with Crippen molar-refractivity contribution in [1.29, 1.82) is 0 Å². The molecule has 1 heterocycles. The van der Waals surface area contributed by atoms with E-state index in [1.165, 1.54) is 12.1 Å². The van der Waals surface area contributed by atoms with Crippen LogP contribution in [0, 0.1) is 17.8 Å². The van der Waals surface area contributed by atoms with Crippen LogP contribution in [0.1, 0.15) is 49.7 Å². The van der Waals surface area contributed by atoms with E-state index in [1.807, 2.05) is 36.4 Å². The highest BCUT2D eigenvalue weighted by Gasteiger charge is 2.56. The van der Waals surface area contributed by atoms with Gasteiger partial charge in [0.15, 0.2) is 11.6 Å². The minimum atomic E-state index is -1.00. The average Bonchev–Trinajstić information content (AvgIpc) is 3.23. The van der Waals surface area contributed by atoms with Crippen molar-refractivity contribution >= 4 is 29.4 Å². The number of amides is 2. The number of hydrogen-bond acceptors (Lipinski definition) is 7. The Morgan fingerprint density at radius 1 is 1.02 bits per heavy atom. The highest BCUT2D eigenvalue weighted by molar-refractivity contribution is 6.24. The predicted octanol–water partition coefficient (Wildman–Crippen LogP) is 4.27. The van der Waals surface area contributed by atoms with Gasteiger partial charge in [-0.15, -0.1) is 0 Å². The monoisotopic (exact) mass is 581 g/mol. The van der Waals surface area contributed by atoms with Gasteiger partial charge in [0, 0.05) is 47.2 Å². The van der Waals surface area contributed by atoms with Crippen LogP contribution in [0.3, 0.4) is 0 Å². The van der Waals surface area contributed by atoms with E-state index in [0.717, 1.165) is 16.0 Å². The molecule has 43 heavy (non-hydrogen) atoms. The number of carboxylic acid groups (broad SMARTS) is 1. The van der Waals surface area contributed by atoms with Crippen LogP contribution in [0.4, 0.5) is 0 Å². The molecule has 0 unspecified atom stereocenters. The van der Waals surface area contributed by atoms with E-state index < -0.39 is 29.6 Å². The van der Waals surface area contributed by atoms with Gasteiger partial charge in [0.25, 0.3) is 0 Å². The fourth-order valence-electron chi connectivity index (χ4n) is 6.99. The van der Waals surface area contributed by atoms with Gasteiger partial charge in [-0.05, 0) is 49.8 Å². The number of allylic oxidation sites excluding steroid dienone is 6. The summed E-state index contributed by atoms with van der Waals surface area (Å²) in [5.74, 6) is -4.65. The molecular weight excluding hydrogens is 550 g/mol. The van der Waals surface area contributed by atoms with Crippen molar-refractivity contribution in [1.82, 2.24) is 4.90 Å². The number of aliphatic carboxylic acids is 1. The predicted molar refractivity (Wildman–Crippen MR) is 154 cm³/mol. The number of benzene rings is 2. The number of phenols is 1. The van der Waals surface area contributed by atoms with Crippen LogP contribution in [0.25, 0.3) is 0 Å². The Hall–Kier alpha value is -4.79. The first-order valence-electron chi connectivity index (χ1n) is 14.4. The molecule has 0 saturated carbocycles. The number of rotatable bonds is 8. The summed E-state index contributed by atoms with van der Waals surface area (Å²) in [5.41, 5.74) is 3.02. The number of carbonyl (C=O) groups excluding carboxylic acids is 4. The van der Waals surface area contributed by atoms with Crippen molar-refractivity contribution in [3.05, 3.63) is 94.1 Å². The summed E-state index contributed by atoms with van der Waals surface area (Å²) in [4.78, 5) is 66.0. The molecule has 0 spiro atoms. The second-order valence-corrected chi connectivity index (χ2v) is 11.5. The minimum Gasteiger partial charge on any atom is -0.507 e. The van der Waals surface area contributed by atoms with Crippen molar-refractivity contribution in [3.63, 3.8) is 0 Å². The zero-order valence-corrected chi connectivity index (χ0v) is 23.6. The number of ether oxygens (including phenoxy) is 1. The molecule has 4 aliphatic rings. The lowest BCUT2D eigenvalue weighted by atomic mass is 9.59. The van der Waals surface area contributed by atoms with Gasteiger partial charge in [-0.3, -0.25) is 28.9 Å². The molecule has 2 N–H and O–H groups in total. The van der Waals surface area contributed by atoms with Crippen LogP contribution in [0.5, 0.6) is 11.5 Å². The molecule has 0 bridgehead atoms. The van der Waals surface area contributed by atoms with E-state index in [0.29, 0.717) is 34.6 Å². The molecule has 1 fully saturated rings. The van der Waals surface area contributed by atoms with Gasteiger partial charge in [0.05, 0.1) is 11.8 Å². The van der Waals surface area contributed by atoms with Crippen LogP contribution in [-0.2, 0) is 30.6 Å². The van der Waals surface area contributed by atoms with Crippen molar-refractivity contribution in [2.45, 2.75) is 45.1 Å². The number of carboxylic acids is 1. The Bertz CT molecular complexity index is 1650. The van der Waals surface area contributed by atoms with Gasteiger partial charge in [-0.1, -0.05) is 48.0 Å². The Kier molecular flexibility index (Phi) is 7.33. The van der Waals surface area contributed by atoms with Crippen LogP contribution in [0.15, 0.2) is 83.0 Å². The number of Topliss-reactive ketones (excluding diaryl/α,β-unsaturated/α-hetero) is 1. The van der Waals surface area contributed by atoms with E-state index in [2.05, 4.69) is 0 Å². The highest BCUT2D eigenvalue weighted by atomic mass is 16.5. The lowest BCUT2D eigenvalue weighted by molar-refractivity contribution is -0.142. The number of imide groups is 1. The van der Waals surface area contributed by atoms with Gasteiger partial charge >= 0.3 is 5.97 Å². The lowest BCUT2D eigenvalue weighted by Crippen LogP contribution is -2.40. The highest BCUT2D eigenvalue weighted by Crippen LogP contribution is 2.56. The number of likely N-dealkylation sites (tertiary alicyclic amines) is 1. The smallest absolute Gasteiger partial charge is 0.303 e. The summed E-state index contributed by atoms with van der Waals surface area (Å²) < 4.78 is 5.88. The number of phenolic OH excluding ortho intramolecular Hbond substituents is 1. The van der Waals surface area contributed by atoms with E-state index in [1.54, 1.807) is 19.1 Å². The van der Waals surface area contributed by atoms with Gasteiger partial charge in [0.2, 0.25) is 11.8 Å². The minimum absolute atomic E-state index is 0.0149. The van der Waals surface area contributed by atoms with Gasteiger partial charge < -0.3 is 14.9 Å². The maximum atomic E-state index is 13.7. The summed E-state index contributed by atoms with van der Waals surface area (Å²) in [6, 6.07) is 14.5. The van der Waals surface area contributed by atoms with E-state index in [9.17, 15) is 29.1 Å². The largest absolute Gasteiger partial charge is 0.507 e. The molecule has 2 aromatic carbocycles. The summed E-state index contributed by atoms with van der Waals surface area (Å²) in [6.07, 6.45) is 3.59. The van der Waals surface area contributed by atoms with E-state index in [4.69, 9.17) is 9.84 Å². The average molecular weight is 582 g/mol. The molecule has 2 aromatic rings. The maximum Gasteiger partial charge on any atom is 0.303 e. The zero-order chi connectivity index (χ0) is 30.4. The molecule has 3 aliphatic carbocycles. The quantitative estimate of drug-likeness (QED) is 0.268. The number of aromatic hydroxyl groups is 1. The molecule has 1 saturated heterocycles. The van der Waals surface area contributed by atoms with Gasteiger partial charge in [0.1, 0.15) is 18.1 Å². The van der Waals surface area contributed by atoms with Crippen LogP contribution in [0.2, 0.25) is 0 Å². The summed E-state index contributed by atoms with van der Waals surface area (Å²) >= 11 is 0. The summed E-state index contributed by atoms with van der Waals surface area (Å²) in [6.45, 7) is 1.90. The van der Waals surface area contributed by atoms with Crippen molar-refractivity contribution in [3.8, 4) is 11.5 Å². The van der Waals surface area contributed by atoms with Crippen LogP contribution < -0.4 is 4.74 Å². The molecule has 9 nitrogen and oxygen atoms in total. The molecule has 9 heteroatoms. The second kappa shape index (κ2) is 11.1. The molecule has 4 atom stereocenters. The number of carbonyl (C=O) groups is 5. The molecule has 2 amide bonds. The standard InChI is InChI=1S/C34H31NO8/c1-18-14-26(36)25-16-24-21(11-12-23-30(24)34(42)35(33(23)41)13-5-8-28(38)39)29(31(25)32(18)40)22-10-9-20(15-27(22)37)43-17-19-6-3-2-4-7-19/h2-4,6-7,9-11,14-15,23-24,29-30,37H,5,8,12-13,16-17H2,1H3,(H,38,39)/t23-,24+,29+,30-/m0/s1. The Morgan fingerprint density at radius 3 is 2.51 bits per heavy atom.